The van der Waals surface area contributed by atoms with E-state index in [2.05, 4.69) is 22.6 Å². The van der Waals surface area contributed by atoms with E-state index in [9.17, 15) is 0 Å². The van der Waals surface area contributed by atoms with E-state index in [-0.39, 0.29) is 0 Å². The summed E-state index contributed by atoms with van der Waals surface area (Å²) < 4.78 is 1.84. The molecule has 0 amide bonds. The minimum absolute atomic E-state index is 0.680. The first-order chi connectivity index (χ1) is 7.75. The van der Waals surface area contributed by atoms with E-state index in [0.717, 1.165) is 18.2 Å². The van der Waals surface area contributed by atoms with Crippen molar-refractivity contribution in [3.8, 4) is 0 Å². The topological polar surface area (TPSA) is 42.7 Å². The van der Waals surface area contributed by atoms with Crippen molar-refractivity contribution in [3.05, 3.63) is 11.9 Å². The molecule has 2 rings (SSSR count). The van der Waals surface area contributed by atoms with E-state index in [1.165, 1.54) is 32.1 Å². The highest BCUT2D eigenvalue weighted by Gasteiger charge is 2.15. The van der Waals surface area contributed by atoms with Crippen LogP contribution in [0.2, 0.25) is 0 Å². The van der Waals surface area contributed by atoms with Crippen LogP contribution in [-0.2, 0) is 13.6 Å². The van der Waals surface area contributed by atoms with Crippen LogP contribution in [0.4, 0.5) is 0 Å². The first kappa shape index (κ1) is 11.6. The molecule has 2 unspecified atom stereocenters. The highest BCUT2D eigenvalue weighted by atomic mass is 15.4. The van der Waals surface area contributed by atoms with E-state index >= 15 is 0 Å². The first-order valence-corrected chi connectivity index (χ1v) is 6.32. The highest BCUT2D eigenvalue weighted by Crippen LogP contribution is 2.22. The van der Waals surface area contributed by atoms with Gasteiger partial charge in [-0.2, -0.15) is 0 Å². The molecule has 1 saturated carbocycles. The Hall–Kier alpha value is -0.900. The van der Waals surface area contributed by atoms with E-state index in [1.807, 2.05) is 17.9 Å². The second-order valence-corrected chi connectivity index (χ2v) is 5.04. The maximum atomic E-state index is 3.94. The third-order valence-electron chi connectivity index (χ3n) is 3.64. The minimum Gasteiger partial charge on any atom is -0.308 e. The van der Waals surface area contributed by atoms with Gasteiger partial charge in [0, 0.05) is 19.6 Å². The Kier molecular flexibility index (Phi) is 3.93. The molecule has 16 heavy (non-hydrogen) atoms. The molecule has 4 heteroatoms. The van der Waals surface area contributed by atoms with Gasteiger partial charge in [0.05, 0.1) is 11.9 Å². The monoisotopic (exact) mass is 222 g/mol. The maximum absolute atomic E-state index is 3.94. The highest BCUT2D eigenvalue weighted by molar-refractivity contribution is 4.93. The zero-order valence-corrected chi connectivity index (χ0v) is 10.3. The largest absolute Gasteiger partial charge is 0.308 e. The van der Waals surface area contributed by atoms with Crippen LogP contribution in [-0.4, -0.2) is 21.0 Å². The van der Waals surface area contributed by atoms with Gasteiger partial charge in [-0.3, -0.25) is 4.68 Å². The van der Waals surface area contributed by atoms with Gasteiger partial charge >= 0.3 is 0 Å². The number of aryl methyl sites for hydroxylation is 1. The summed E-state index contributed by atoms with van der Waals surface area (Å²) in [5.41, 5.74) is 1.16. The number of nitrogens with zero attached hydrogens (tertiary/aromatic N) is 3. The summed E-state index contributed by atoms with van der Waals surface area (Å²) in [4.78, 5) is 0. The molecular weight excluding hydrogens is 200 g/mol. The van der Waals surface area contributed by atoms with Gasteiger partial charge in [-0.15, -0.1) is 5.10 Å². The van der Waals surface area contributed by atoms with Crippen LogP contribution < -0.4 is 5.32 Å². The molecule has 4 nitrogen and oxygen atoms in total. The summed E-state index contributed by atoms with van der Waals surface area (Å²) in [6, 6.07) is 0.680. The van der Waals surface area contributed by atoms with Crippen molar-refractivity contribution in [1.29, 1.82) is 0 Å². The molecule has 0 radical (unpaired) electrons. The van der Waals surface area contributed by atoms with E-state index in [1.54, 1.807) is 0 Å². The SMILES string of the molecule is CC1CCCC(NCc2cnnn2C)CC1. The summed E-state index contributed by atoms with van der Waals surface area (Å²) in [5, 5.41) is 11.5. The molecule has 90 valence electrons. The molecule has 0 bridgehead atoms. The minimum atomic E-state index is 0.680. The van der Waals surface area contributed by atoms with Crippen LogP contribution >= 0.6 is 0 Å². The predicted octanol–water partition coefficient (Wildman–Crippen LogP) is 1.87. The molecule has 1 aliphatic rings. The third kappa shape index (κ3) is 3.04. The molecule has 1 aliphatic carbocycles. The Morgan fingerprint density at radius 2 is 2.25 bits per heavy atom. The molecule has 0 saturated heterocycles. The van der Waals surface area contributed by atoms with E-state index in [0.29, 0.717) is 6.04 Å². The van der Waals surface area contributed by atoms with Gasteiger partial charge in [0.1, 0.15) is 0 Å². The number of aromatic nitrogens is 3. The van der Waals surface area contributed by atoms with Crippen molar-refractivity contribution in [3.63, 3.8) is 0 Å². The Morgan fingerprint density at radius 1 is 1.38 bits per heavy atom. The van der Waals surface area contributed by atoms with Crippen LogP contribution in [0.3, 0.4) is 0 Å². The fraction of sp³-hybridized carbons (Fsp3) is 0.833. The lowest BCUT2D eigenvalue weighted by Gasteiger charge is -2.15. The summed E-state index contributed by atoms with van der Waals surface area (Å²) in [5.74, 6) is 0.908. The number of hydrogen-bond donors (Lipinski definition) is 1. The van der Waals surface area contributed by atoms with Gasteiger partial charge in [0.25, 0.3) is 0 Å². The van der Waals surface area contributed by atoms with Crippen molar-refractivity contribution >= 4 is 0 Å². The molecule has 0 aliphatic heterocycles. The van der Waals surface area contributed by atoms with Crippen LogP contribution in [0.15, 0.2) is 6.20 Å². The van der Waals surface area contributed by atoms with Gasteiger partial charge < -0.3 is 5.32 Å². The van der Waals surface area contributed by atoms with E-state index < -0.39 is 0 Å². The third-order valence-corrected chi connectivity index (χ3v) is 3.64. The van der Waals surface area contributed by atoms with Crippen molar-refractivity contribution in [2.45, 2.75) is 51.6 Å². The van der Waals surface area contributed by atoms with E-state index in [4.69, 9.17) is 0 Å². The Morgan fingerprint density at radius 3 is 3.00 bits per heavy atom. The van der Waals surface area contributed by atoms with Crippen molar-refractivity contribution < 1.29 is 0 Å². The normalized spacial score (nSPS) is 26.6. The van der Waals surface area contributed by atoms with Gasteiger partial charge in [-0.1, -0.05) is 25.0 Å². The average Bonchev–Trinajstić information content (AvgIpc) is 2.55. The average molecular weight is 222 g/mol. The van der Waals surface area contributed by atoms with Gasteiger partial charge in [0.2, 0.25) is 0 Å². The van der Waals surface area contributed by atoms with Crippen LogP contribution in [0.1, 0.15) is 44.7 Å². The standard InChI is InChI=1S/C12H22N4/c1-10-4-3-5-11(7-6-10)13-8-12-9-14-15-16(12)2/h9-11,13H,3-8H2,1-2H3. The second kappa shape index (κ2) is 5.43. The zero-order valence-electron chi connectivity index (χ0n) is 10.3. The second-order valence-electron chi connectivity index (χ2n) is 5.04. The fourth-order valence-corrected chi connectivity index (χ4v) is 2.41. The molecule has 1 heterocycles. The lowest BCUT2D eigenvalue weighted by molar-refractivity contribution is 0.440. The Balaban J connectivity index is 1.79. The van der Waals surface area contributed by atoms with Gasteiger partial charge in [-0.05, 0) is 25.2 Å². The van der Waals surface area contributed by atoms with Gasteiger partial charge in [-0.25, -0.2) is 0 Å². The quantitative estimate of drug-likeness (QED) is 0.794. The summed E-state index contributed by atoms with van der Waals surface area (Å²) in [6.07, 6.45) is 8.59. The van der Waals surface area contributed by atoms with Crippen LogP contribution in [0.5, 0.6) is 0 Å². The summed E-state index contributed by atoms with van der Waals surface area (Å²) in [7, 11) is 1.94. The van der Waals surface area contributed by atoms with Crippen molar-refractivity contribution in [2.75, 3.05) is 0 Å². The number of nitrogens with one attached hydrogen (secondary N) is 1. The zero-order chi connectivity index (χ0) is 11.4. The molecule has 1 N–H and O–H groups in total. The number of rotatable bonds is 3. The van der Waals surface area contributed by atoms with Crippen LogP contribution in [0.25, 0.3) is 0 Å². The molecule has 1 aromatic heterocycles. The molecule has 0 spiro atoms. The summed E-state index contributed by atoms with van der Waals surface area (Å²) in [6.45, 7) is 3.26. The first-order valence-electron chi connectivity index (χ1n) is 6.32. The van der Waals surface area contributed by atoms with Gasteiger partial charge in [0.15, 0.2) is 0 Å². The van der Waals surface area contributed by atoms with Crippen LogP contribution in [0, 0.1) is 5.92 Å². The Bertz CT molecular complexity index is 321. The predicted molar refractivity (Wildman–Crippen MR) is 63.9 cm³/mol. The molecule has 1 fully saturated rings. The molecule has 0 aromatic carbocycles. The smallest absolute Gasteiger partial charge is 0.0738 e. The fourth-order valence-electron chi connectivity index (χ4n) is 2.41. The van der Waals surface area contributed by atoms with Crippen molar-refractivity contribution in [1.82, 2.24) is 20.3 Å². The van der Waals surface area contributed by atoms with Crippen molar-refractivity contribution in [2.24, 2.45) is 13.0 Å². The summed E-state index contributed by atoms with van der Waals surface area (Å²) >= 11 is 0. The Labute approximate surface area is 97.4 Å². The molecule has 1 aromatic rings. The molecule has 2 atom stereocenters. The lowest BCUT2D eigenvalue weighted by atomic mass is 10.0. The molecular formula is C12H22N4. The number of hydrogen-bond acceptors (Lipinski definition) is 3. The maximum Gasteiger partial charge on any atom is 0.0738 e. The lowest BCUT2D eigenvalue weighted by Crippen LogP contribution is -2.28.